The molecule has 0 unspecified atom stereocenters. The molecule has 0 atom stereocenters. The lowest BCUT2D eigenvalue weighted by molar-refractivity contribution is 0.102. The van der Waals surface area contributed by atoms with Crippen molar-refractivity contribution in [3.8, 4) is 16.9 Å². The van der Waals surface area contributed by atoms with Crippen molar-refractivity contribution in [3.05, 3.63) is 99.4 Å². The van der Waals surface area contributed by atoms with Crippen molar-refractivity contribution in [1.29, 1.82) is 0 Å². The smallest absolute Gasteiger partial charge is 0.259 e. The van der Waals surface area contributed by atoms with Crippen LogP contribution in [0.25, 0.3) is 11.1 Å². The summed E-state index contributed by atoms with van der Waals surface area (Å²) in [6, 6.07) is 15.9. The summed E-state index contributed by atoms with van der Waals surface area (Å²) in [6.07, 6.45) is 2.56. The van der Waals surface area contributed by atoms with Gasteiger partial charge in [0, 0.05) is 28.6 Å². The number of halogens is 3. The van der Waals surface area contributed by atoms with Crippen LogP contribution in [-0.2, 0) is 9.84 Å². The summed E-state index contributed by atoms with van der Waals surface area (Å²) in [5.41, 5.74) is 0.113. The van der Waals surface area contributed by atoms with Gasteiger partial charge in [0.1, 0.15) is 17.4 Å². The molecule has 200 valence electrons. The van der Waals surface area contributed by atoms with Crippen LogP contribution >= 0.6 is 27.5 Å². The van der Waals surface area contributed by atoms with Crippen LogP contribution < -0.4 is 15.4 Å². The Morgan fingerprint density at radius 2 is 1.69 bits per heavy atom. The molecule has 1 aromatic heterocycles. The molecule has 2 N–H and O–H groups in total. The predicted molar refractivity (Wildman–Crippen MR) is 151 cm³/mol. The molecular formula is C27H20BrClFN3O5S. The molecule has 0 saturated carbocycles. The first kappa shape index (κ1) is 28.2. The number of methoxy groups -OCH3 is 1. The van der Waals surface area contributed by atoms with Gasteiger partial charge >= 0.3 is 0 Å². The molecule has 0 aliphatic carbocycles. The van der Waals surface area contributed by atoms with Gasteiger partial charge in [0.15, 0.2) is 9.84 Å². The van der Waals surface area contributed by atoms with Crippen molar-refractivity contribution in [2.45, 2.75) is 4.90 Å². The second kappa shape index (κ2) is 11.5. The molecule has 4 aromatic rings. The van der Waals surface area contributed by atoms with Gasteiger partial charge in [-0.15, -0.1) is 0 Å². The number of carbonyl (C=O) groups excluding carboxylic acids is 2. The Balaban J connectivity index is 1.66. The minimum atomic E-state index is -3.58. The van der Waals surface area contributed by atoms with Gasteiger partial charge in [-0.2, -0.15) is 0 Å². The highest BCUT2D eigenvalue weighted by Crippen LogP contribution is 2.33. The summed E-state index contributed by atoms with van der Waals surface area (Å²) in [6.45, 7) is 0. The van der Waals surface area contributed by atoms with Gasteiger partial charge in [-0.05, 0) is 57.9 Å². The van der Waals surface area contributed by atoms with E-state index in [0.29, 0.717) is 10.0 Å². The number of sulfone groups is 1. The third kappa shape index (κ3) is 6.44. The first-order valence-corrected chi connectivity index (χ1v) is 14.2. The van der Waals surface area contributed by atoms with Crippen molar-refractivity contribution < 1.29 is 27.1 Å². The zero-order chi connectivity index (χ0) is 28.3. The van der Waals surface area contributed by atoms with E-state index in [9.17, 15) is 18.0 Å². The number of amides is 2. The molecule has 39 heavy (non-hydrogen) atoms. The number of hydrogen-bond donors (Lipinski definition) is 2. The van der Waals surface area contributed by atoms with Crippen LogP contribution in [0.1, 0.15) is 20.7 Å². The summed E-state index contributed by atoms with van der Waals surface area (Å²) < 4.78 is 45.4. The second-order valence-corrected chi connectivity index (χ2v) is 11.6. The molecule has 0 aliphatic rings. The fourth-order valence-corrected chi connectivity index (χ4v) is 5.12. The molecular weight excluding hydrogens is 613 g/mol. The highest BCUT2D eigenvalue weighted by molar-refractivity contribution is 9.10. The van der Waals surface area contributed by atoms with E-state index in [0.717, 1.165) is 12.3 Å². The molecule has 0 spiro atoms. The number of pyridine rings is 1. The van der Waals surface area contributed by atoms with E-state index >= 15 is 4.39 Å². The molecule has 0 fully saturated rings. The van der Waals surface area contributed by atoms with Gasteiger partial charge in [-0.1, -0.05) is 35.9 Å². The average Bonchev–Trinajstić information content (AvgIpc) is 2.90. The fraction of sp³-hybridized carbons (Fsp3) is 0.0741. The number of ether oxygens (including phenoxy) is 1. The lowest BCUT2D eigenvalue weighted by Gasteiger charge is -2.15. The number of aromatic nitrogens is 1. The summed E-state index contributed by atoms with van der Waals surface area (Å²) in [7, 11) is -2.19. The van der Waals surface area contributed by atoms with Crippen LogP contribution in [0.5, 0.6) is 5.75 Å². The molecule has 4 rings (SSSR count). The van der Waals surface area contributed by atoms with Gasteiger partial charge in [-0.3, -0.25) is 9.59 Å². The van der Waals surface area contributed by atoms with Gasteiger partial charge in [-0.25, -0.2) is 17.8 Å². The number of hydrogen-bond acceptors (Lipinski definition) is 6. The highest BCUT2D eigenvalue weighted by atomic mass is 79.9. The van der Waals surface area contributed by atoms with Crippen molar-refractivity contribution in [1.82, 2.24) is 4.98 Å². The Hall–Kier alpha value is -3.80. The molecule has 0 saturated heterocycles. The van der Waals surface area contributed by atoms with Gasteiger partial charge in [0.25, 0.3) is 11.8 Å². The molecule has 1 heterocycles. The number of carbonyl (C=O) groups is 2. The Bertz CT molecular complexity index is 1700. The monoisotopic (exact) mass is 631 g/mol. The third-order valence-electron chi connectivity index (χ3n) is 5.56. The molecule has 3 aromatic carbocycles. The SMILES string of the molecule is COc1cc(Cl)c(NC(=O)c2ccc(-c3ccccc3S(C)(=O)=O)cc2F)c(C(=O)Nc2ccc(Br)cn2)c1. The van der Waals surface area contributed by atoms with Crippen LogP contribution in [0, 0.1) is 5.82 Å². The first-order valence-electron chi connectivity index (χ1n) is 11.2. The quantitative estimate of drug-likeness (QED) is 0.250. The maximum Gasteiger partial charge on any atom is 0.259 e. The summed E-state index contributed by atoms with van der Waals surface area (Å²) in [5, 5.41) is 5.10. The number of benzene rings is 3. The average molecular weight is 633 g/mol. The van der Waals surface area contributed by atoms with Crippen LogP contribution in [0.3, 0.4) is 0 Å². The molecule has 0 bridgehead atoms. The van der Waals surface area contributed by atoms with Crippen LogP contribution in [-0.4, -0.2) is 38.6 Å². The largest absolute Gasteiger partial charge is 0.497 e. The fourth-order valence-electron chi connectivity index (χ4n) is 3.72. The Morgan fingerprint density at radius 3 is 2.33 bits per heavy atom. The van der Waals surface area contributed by atoms with Crippen LogP contribution in [0.4, 0.5) is 15.9 Å². The lowest BCUT2D eigenvalue weighted by Crippen LogP contribution is -2.20. The van der Waals surface area contributed by atoms with E-state index in [1.54, 1.807) is 30.3 Å². The maximum absolute atomic E-state index is 15.2. The van der Waals surface area contributed by atoms with E-state index in [4.69, 9.17) is 16.3 Å². The normalized spacial score (nSPS) is 11.1. The topological polar surface area (TPSA) is 114 Å². The molecule has 0 aliphatic heterocycles. The zero-order valence-electron chi connectivity index (χ0n) is 20.5. The minimum Gasteiger partial charge on any atom is -0.497 e. The number of rotatable bonds is 7. The predicted octanol–water partition coefficient (Wildman–Crippen LogP) is 6.22. The van der Waals surface area contributed by atoms with E-state index < -0.39 is 27.5 Å². The van der Waals surface area contributed by atoms with E-state index in [1.165, 1.54) is 43.6 Å². The summed E-state index contributed by atoms with van der Waals surface area (Å²) in [4.78, 5) is 30.3. The molecule has 2 amide bonds. The molecule has 0 radical (unpaired) electrons. The lowest BCUT2D eigenvalue weighted by atomic mass is 10.0. The number of anilines is 2. The Morgan fingerprint density at radius 1 is 0.974 bits per heavy atom. The Kier molecular flexibility index (Phi) is 8.34. The standard InChI is InChI=1S/C27H20BrClFN3O5S/c1-38-17-12-20(27(35)32-24-10-8-16(28)14-31-24)25(21(29)13-17)33-26(34)19-9-7-15(11-22(19)30)18-5-3-4-6-23(18)39(2,36)37/h3-14H,1-2H3,(H,33,34)(H,31,32,35). The number of nitrogens with one attached hydrogen (secondary N) is 2. The minimum absolute atomic E-state index is 0.0178. The highest BCUT2D eigenvalue weighted by Gasteiger charge is 2.22. The van der Waals surface area contributed by atoms with Crippen molar-refractivity contribution in [2.75, 3.05) is 24.0 Å². The first-order chi connectivity index (χ1) is 18.5. The third-order valence-corrected chi connectivity index (χ3v) is 7.48. The zero-order valence-corrected chi connectivity index (χ0v) is 23.6. The summed E-state index contributed by atoms with van der Waals surface area (Å²) in [5.74, 6) is -1.92. The van der Waals surface area contributed by atoms with Crippen molar-refractivity contribution in [2.24, 2.45) is 0 Å². The van der Waals surface area contributed by atoms with E-state index in [2.05, 4.69) is 31.5 Å². The van der Waals surface area contributed by atoms with E-state index in [-0.39, 0.29) is 43.9 Å². The number of nitrogens with zero attached hydrogens (tertiary/aromatic N) is 1. The van der Waals surface area contributed by atoms with Gasteiger partial charge in [0.05, 0.1) is 33.8 Å². The van der Waals surface area contributed by atoms with Crippen LogP contribution in [0.15, 0.2) is 82.3 Å². The summed E-state index contributed by atoms with van der Waals surface area (Å²) >= 11 is 9.64. The van der Waals surface area contributed by atoms with Crippen molar-refractivity contribution in [3.63, 3.8) is 0 Å². The molecule has 12 heteroatoms. The maximum atomic E-state index is 15.2. The Labute approximate surface area is 237 Å². The van der Waals surface area contributed by atoms with Gasteiger partial charge in [0.2, 0.25) is 0 Å². The van der Waals surface area contributed by atoms with E-state index in [1.807, 2.05) is 0 Å². The second-order valence-electron chi connectivity index (χ2n) is 8.26. The van der Waals surface area contributed by atoms with Crippen LogP contribution in [0.2, 0.25) is 5.02 Å². The molecule has 8 nitrogen and oxygen atoms in total. The van der Waals surface area contributed by atoms with Gasteiger partial charge < -0.3 is 15.4 Å². The van der Waals surface area contributed by atoms with Crippen molar-refractivity contribution >= 4 is 60.7 Å².